The molecule has 0 aliphatic carbocycles. The van der Waals surface area contributed by atoms with Gasteiger partial charge in [0.2, 0.25) is 0 Å². The van der Waals surface area contributed by atoms with E-state index in [1.54, 1.807) is 30.3 Å². The van der Waals surface area contributed by atoms with Gasteiger partial charge in [-0.1, -0.05) is 24.3 Å². The molecule has 3 heterocycles. The van der Waals surface area contributed by atoms with E-state index in [4.69, 9.17) is 0 Å². The molecule has 0 saturated carbocycles. The molecule has 2 aromatic carbocycles. The standard InChI is InChI=1S/C33H46FN5O2/c1-24(40)27-6-3-7-30(20-27)35-33(41)36-32-14-18-39(31-12-16-37(2)17-13-31)23-28(32)22-38-15-4-5-26(21-38)19-25-8-10-29(34)11-9-25/h3,6-11,20,26,28,31-32H,4-5,12-19,21-23H2,1-2H3,(H2,35,36,41)/t26-,28+,32+/m0/s1. The monoisotopic (exact) mass is 563 g/mol. The van der Waals surface area contributed by atoms with E-state index in [-0.39, 0.29) is 23.7 Å². The van der Waals surface area contributed by atoms with Crippen LogP contribution in [0.25, 0.3) is 0 Å². The average molecular weight is 564 g/mol. The first-order chi connectivity index (χ1) is 19.8. The van der Waals surface area contributed by atoms with Gasteiger partial charge in [0, 0.05) is 55.4 Å². The molecule has 3 aliphatic rings. The fourth-order valence-corrected chi connectivity index (χ4v) is 7.05. The Hall–Kier alpha value is -2.81. The number of hydrogen-bond donors (Lipinski definition) is 2. The number of carbonyl (C=O) groups is 2. The van der Waals surface area contributed by atoms with Crippen molar-refractivity contribution in [2.75, 3.05) is 58.2 Å². The molecule has 0 radical (unpaired) electrons. The largest absolute Gasteiger partial charge is 0.335 e. The molecule has 222 valence electrons. The normalized spacial score (nSPS) is 25.1. The van der Waals surface area contributed by atoms with Gasteiger partial charge >= 0.3 is 6.03 Å². The zero-order chi connectivity index (χ0) is 28.8. The van der Waals surface area contributed by atoms with Crippen LogP contribution in [0.3, 0.4) is 0 Å². The van der Waals surface area contributed by atoms with Gasteiger partial charge in [-0.2, -0.15) is 0 Å². The van der Waals surface area contributed by atoms with Crippen LogP contribution in [0, 0.1) is 17.7 Å². The van der Waals surface area contributed by atoms with E-state index in [2.05, 4.69) is 32.4 Å². The average Bonchev–Trinajstić information content (AvgIpc) is 2.96. The zero-order valence-electron chi connectivity index (χ0n) is 24.7. The van der Waals surface area contributed by atoms with E-state index >= 15 is 0 Å². The molecule has 5 rings (SSSR count). The number of nitrogens with zero attached hydrogens (tertiary/aromatic N) is 3. The first kappa shape index (κ1) is 29.7. The quantitative estimate of drug-likeness (QED) is 0.448. The Morgan fingerprint density at radius 2 is 1.73 bits per heavy atom. The Morgan fingerprint density at radius 3 is 2.49 bits per heavy atom. The van der Waals surface area contributed by atoms with Crippen LogP contribution < -0.4 is 10.6 Å². The molecule has 7 nitrogen and oxygen atoms in total. The summed E-state index contributed by atoms with van der Waals surface area (Å²) in [6.45, 7) is 8.92. The number of halogens is 1. The molecule has 8 heteroatoms. The molecular formula is C33H46FN5O2. The van der Waals surface area contributed by atoms with Crippen molar-refractivity contribution in [3.8, 4) is 0 Å². The highest BCUT2D eigenvalue weighted by molar-refractivity contribution is 5.96. The lowest BCUT2D eigenvalue weighted by molar-refractivity contribution is 0.0432. The second-order valence-corrected chi connectivity index (χ2v) is 12.5. The summed E-state index contributed by atoms with van der Waals surface area (Å²) in [7, 11) is 2.21. The Labute approximate surface area is 244 Å². The Bertz CT molecular complexity index is 1170. The van der Waals surface area contributed by atoms with Gasteiger partial charge in [-0.05, 0) is 108 Å². The van der Waals surface area contributed by atoms with Gasteiger partial charge in [-0.15, -0.1) is 0 Å². The van der Waals surface area contributed by atoms with E-state index in [1.807, 2.05) is 18.2 Å². The SMILES string of the molecule is CC(=O)c1cccc(NC(=O)N[C@@H]2CCN(C3CCN(C)CC3)C[C@H]2CN2CCC[C@@H](Cc3ccc(F)cc3)C2)c1. The summed E-state index contributed by atoms with van der Waals surface area (Å²) in [6, 6.07) is 14.6. The highest BCUT2D eigenvalue weighted by atomic mass is 19.1. The van der Waals surface area contributed by atoms with E-state index in [0.717, 1.165) is 58.7 Å². The Balaban J connectivity index is 1.23. The second kappa shape index (κ2) is 13.9. The van der Waals surface area contributed by atoms with Crippen LogP contribution >= 0.6 is 0 Å². The Morgan fingerprint density at radius 1 is 0.951 bits per heavy atom. The minimum absolute atomic E-state index is 0.0188. The third-order valence-electron chi connectivity index (χ3n) is 9.35. The fraction of sp³-hybridized carbons (Fsp3) is 0.576. The number of Topliss-reactive ketones (excluding diaryl/α,β-unsaturated/α-hetero) is 1. The Kier molecular flexibility index (Phi) is 10.1. The molecule has 3 atom stereocenters. The van der Waals surface area contributed by atoms with Crippen molar-refractivity contribution in [2.24, 2.45) is 11.8 Å². The van der Waals surface area contributed by atoms with Crippen molar-refractivity contribution in [1.82, 2.24) is 20.0 Å². The van der Waals surface area contributed by atoms with E-state index < -0.39 is 0 Å². The number of anilines is 1. The minimum atomic E-state index is -0.207. The molecule has 3 saturated heterocycles. The summed E-state index contributed by atoms with van der Waals surface area (Å²) in [5.74, 6) is 0.697. The number of benzene rings is 2. The van der Waals surface area contributed by atoms with Crippen molar-refractivity contribution in [3.63, 3.8) is 0 Å². The molecule has 3 fully saturated rings. The van der Waals surface area contributed by atoms with Crippen molar-refractivity contribution in [2.45, 2.75) is 57.5 Å². The van der Waals surface area contributed by atoms with Crippen LogP contribution in [0.4, 0.5) is 14.9 Å². The zero-order valence-corrected chi connectivity index (χ0v) is 24.7. The van der Waals surface area contributed by atoms with Crippen molar-refractivity contribution < 1.29 is 14.0 Å². The van der Waals surface area contributed by atoms with Crippen molar-refractivity contribution >= 4 is 17.5 Å². The van der Waals surface area contributed by atoms with Crippen LogP contribution in [0.2, 0.25) is 0 Å². The number of carbonyl (C=O) groups excluding carboxylic acids is 2. The van der Waals surface area contributed by atoms with Crippen LogP contribution in [-0.2, 0) is 6.42 Å². The number of urea groups is 1. The number of piperidine rings is 3. The third kappa shape index (κ3) is 8.37. The first-order valence-corrected chi connectivity index (χ1v) is 15.4. The molecule has 3 aliphatic heterocycles. The number of rotatable bonds is 8. The van der Waals surface area contributed by atoms with Crippen molar-refractivity contribution in [3.05, 3.63) is 65.5 Å². The van der Waals surface area contributed by atoms with Crippen molar-refractivity contribution in [1.29, 1.82) is 0 Å². The highest BCUT2D eigenvalue weighted by Crippen LogP contribution is 2.28. The number of likely N-dealkylation sites (tertiary alicyclic amines) is 3. The van der Waals surface area contributed by atoms with Gasteiger partial charge < -0.3 is 20.4 Å². The number of ketones is 1. The minimum Gasteiger partial charge on any atom is -0.335 e. The molecule has 0 spiro atoms. The third-order valence-corrected chi connectivity index (χ3v) is 9.35. The molecule has 2 amide bonds. The predicted molar refractivity (Wildman–Crippen MR) is 162 cm³/mol. The van der Waals surface area contributed by atoms with Gasteiger partial charge in [0.25, 0.3) is 0 Å². The molecule has 0 aromatic heterocycles. The van der Waals surface area contributed by atoms with Crippen LogP contribution in [0.1, 0.15) is 54.9 Å². The smallest absolute Gasteiger partial charge is 0.319 e. The maximum absolute atomic E-state index is 13.4. The van der Waals surface area contributed by atoms with Crippen LogP contribution in [0.5, 0.6) is 0 Å². The van der Waals surface area contributed by atoms with Crippen LogP contribution in [0.15, 0.2) is 48.5 Å². The van der Waals surface area contributed by atoms with E-state index in [1.165, 1.54) is 38.2 Å². The molecular weight excluding hydrogens is 517 g/mol. The fourth-order valence-electron chi connectivity index (χ4n) is 7.05. The van der Waals surface area contributed by atoms with Gasteiger partial charge in [-0.25, -0.2) is 9.18 Å². The first-order valence-electron chi connectivity index (χ1n) is 15.4. The highest BCUT2D eigenvalue weighted by Gasteiger charge is 2.36. The lowest BCUT2D eigenvalue weighted by atomic mass is 9.87. The maximum atomic E-state index is 13.4. The number of hydrogen-bond acceptors (Lipinski definition) is 5. The summed E-state index contributed by atoms with van der Waals surface area (Å²) in [5.41, 5.74) is 2.43. The molecule has 41 heavy (non-hydrogen) atoms. The van der Waals surface area contributed by atoms with Gasteiger partial charge in [0.15, 0.2) is 5.78 Å². The number of nitrogens with one attached hydrogen (secondary N) is 2. The summed E-state index contributed by atoms with van der Waals surface area (Å²) >= 11 is 0. The predicted octanol–water partition coefficient (Wildman–Crippen LogP) is 4.89. The van der Waals surface area contributed by atoms with Crippen LogP contribution in [-0.4, -0.2) is 91.5 Å². The van der Waals surface area contributed by atoms with E-state index in [0.29, 0.717) is 29.1 Å². The maximum Gasteiger partial charge on any atom is 0.319 e. The molecule has 0 unspecified atom stereocenters. The van der Waals surface area contributed by atoms with Gasteiger partial charge in [-0.3, -0.25) is 9.69 Å². The lowest BCUT2D eigenvalue weighted by Gasteiger charge is -2.46. The topological polar surface area (TPSA) is 67.9 Å². The second-order valence-electron chi connectivity index (χ2n) is 12.5. The summed E-state index contributed by atoms with van der Waals surface area (Å²) in [6.07, 6.45) is 6.69. The van der Waals surface area contributed by atoms with Gasteiger partial charge in [0.1, 0.15) is 5.82 Å². The number of amides is 2. The molecule has 2 aromatic rings. The van der Waals surface area contributed by atoms with Gasteiger partial charge in [0.05, 0.1) is 0 Å². The summed E-state index contributed by atoms with van der Waals surface area (Å²) in [4.78, 5) is 32.6. The summed E-state index contributed by atoms with van der Waals surface area (Å²) < 4.78 is 13.4. The van der Waals surface area contributed by atoms with E-state index in [9.17, 15) is 14.0 Å². The summed E-state index contributed by atoms with van der Waals surface area (Å²) in [5, 5.41) is 6.28. The molecule has 0 bridgehead atoms. The molecule has 2 N–H and O–H groups in total. The lowest BCUT2D eigenvalue weighted by Crippen LogP contribution is -2.58.